The number of aliphatic carboxylic acids is 1. The van der Waals surface area contributed by atoms with Crippen LogP contribution in [0.1, 0.15) is 11.1 Å². The van der Waals surface area contributed by atoms with E-state index in [0.29, 0.717) is 16.3 Å². The molecule has 0 saturated carbocycles. The molecule has 2 rings (SSSR count). The van der Waals surface area contributed by atoms with Gasteiger partial charge in [-0.3, -0.25) is 9.59 Å². The molecule has 0 saturated heterocycles. The second-order valence-corrected chi connectivity index (χ2v) is 5.58. The van der Waals surface area contributed by atoms with E-state index in [1.54, 1.807) is 18.2 Å². The topological polar surface area (TPSA) is 95.9 Å². The zero-order chi connectivity index (χ0) is 17.7. The molecule has 1 amide bonds. The number of nitrogens with one attached hydrogen (secondary N) is 1. The number of ether oxygens (including phenoxy) is 1. The van der Waals surface area contributed by atoms with Gasteiger partial charge in [0.1, 0.15) is 11.5 Å². The minimum atomic E-state index is -1.00. The fourth-order valence-corrected chi connectivity index (χ4v) is 2.13. The van der Waals surface area contributed by atoms with Crippen molar-refractivity contribution in [3.05, 3.63) is 52.5 Å². The zero-order valence-corrected chi connectivity index (χ0v) is 13.6. The number of phenols is 1. The number of carboxylic acids is 1. The lowest BCUT2D eigenvalue weighted by molar-refractivity contribution is -0.136. The summed E-state index contributed by atoms with van der Waals surface area (Å²) in [4.78, 5) is 22.7. The lowest BCUT2D eigenvalue weighted by atomic mass is 10.1. The number of hydrogen-bond donors (Lipinski definition) is 3. The van der Waals surface area contributed by atoms with Gasteiger partial charge in [-0.1, -0.05) is 17.7 Å². The molecule has 6 nitrogen and oxygen atoms in total. The van der Waals surface area contributed by atoms with Gasteiger partial charge in [-0.15, -0.1) is 0 Å². The molecule has 0 aromatic heterocycles. The Morgan fingerprint density at radius 1 is 1.21 bits per heavy atom. The van der Waals surface area contributed by atoms with E-state index in [-0.39, 0.29) is 24.5 Å². The fraction of sp³-hybridized carbons (Fsp3) is 0.176. The molecule has 2 aromatic carbocycles. The van der Waals surface area contributed by atoms with Crippen molar-refractivity contribution in [3.63, 3.8) is 0 Å². The number of anilines is 1. The number of hydrogen-bond acceptors (Lipinski definition) is 4. The first-order valence-electron chi connectivity index (χ1n) is 7.07. The van der Waals surface area contributed by atoms with Gasteiger partial charge in [0.2, 0.25) is 0 Å². The smallest absolute Gasteiger partial charge is 0.307 e. The summed E-state index contributed by atoms with van der Waals surface area (Å²) in [7, 11) is 0. The van der Waals surface area contributed by atoms with Crippen LogP contribution in [0.5, 0.6) is 11.5 Å². The highest BCUT2D eigenvalue weighted by Crippen LogP contribution is 2.25. The minimum absolute atomic E-state index is 0.134. The number of amides is 1. The summed E-state index contributed by atoms with van der Waals surface area (Å²) >= 11 is 5.91. The van der Waals surface area contributed by atoms with Crippen LogP contribution < -0.4 is 10.1 Å². The van der Waals surface area contributed by atoms with E-state index in [9.17, 15) is 14.7 Å². The molecule has 0 fully saturated rings. The van der Waals surface area contributed by atoms with E-state index in [4.69, 9.17) is 21.4 Å². The normalized spacial score (nSPS) is 10.2. The average molecular weight is 350 g/mol. The van der Waals surface area contributed by atoms with Crippen molar-refractivity contribution in [3.8, 4) is 11.5 Å². The third-order valence-corrected chi connectivity index (χ3v) is 3.61. The first kappa shape index (κ1) is 17.6. The maximum atomic E-state index is 11.9. The van der Waals surface area contributed by atoms with E-state index in [0.717, 1.165) is 5.56 Å². The number of carboxylic acid groups (broad SMARTS) is 1. The van der Waals surface area contributed by atoms with Crippen LogP contribution in [0.2, 0.25) is 5.02 Å². The highest BCUT2D eigenvalue weighted by Gasteiger charge is 2.10. The van der Waals surface area contributed by atoms with Gasteiger partial charge in [0.05, 0.1) is 12.1 Å². The SMILES string of the molecule is Cc1cc(OCC(=O)Nc2cc(CC(=O)O)ccc2O)ccc1Cl. The highest BCUT2D eigenvalue weighted by atomic mass is 35.5. The first-order valence-corrected chi connectivity index (χ1v) is 7.45. The summed E-state index contributed by atoms with van der Waals surface area (Å²) < 4.78 is 5.36. The lowest BCUT2D eigenvalue weighted by Gasteiger charge is -2.10. The average Bonchev–Trinajstić information content (AvgIpc) is 2.51. The molecule has 0 aliphatic heterocycles. The van der Waals surface area contributed by atoms with Crippen molar-refractivity contribution in [2.75, 3.05) is 11.9 Å². The van der Waals surface area contributed by atoms with Gasteiger partial charge in [0, 0.05) is 5.02 Å². The number of aryl methyl sites for hydroxylation is 1. The summed E-state index contributed by atoms with van der Waals surface area (Å²) in [5, 5.41) is 21.6. The van der Waals surface area contributed by atoms with Crippen molar-refractivity contribution in [2.24, 2.45) is 0 Å². The Hall–Kier alpha value is -2.73. The first-order chi connectivity index (χ1) is 11.3. The summed E-state index contributed by atoms with van der Waals surface area (Å²) in [5.41, 5.74) is 1.42. The Morgan fingerprint density at radius 3 is 2.62 bits per heavy atom. The van der Waals surface area contributed by atoms with E-state index in [2.05, 4.69) is 5.32 Å². The van der Waals surface area contributed by atoms with Crippen LogP contribution in [0.25, 0.3) is 0 Å². The molecule has 7 heteroatoms. The van der Waals surface area contributed by atoms with Gasteiger partial charge in [0.25, 0.3) is 5.91 Å². The highest BCUT2D eigenvalue weighted by molar-refractivity contribution is 6.31. The van der Waals surface area contributed by atoms with Gasteiger partial charge in [-0.2, -0.15) is 0 Å². The van der Waals surface area contributed by atoms with Gasteiger partial charge in [-0.05, 0) is 48.4 Å². The van der Waals surface area contributed by atoms with E-state index < -0.39 is 11.9 Å². The number of benzene rings is 2. The van der Waals surface area contributed by atoms with Crippen molar-refractivity contribution in [1.82, 2.24) is 0 Å². The minimum Gasteiger partial charge on any atom is -0.506 e. The Bertz CT molecular complexity index is 776. The van der Waals surface area contributed by atoms with Gasteiger partial charge in [-0.25, -0.2) is 0 Å². The Balaban J connectivity index is 1.98. The summed E-state index contributed by atoms with van der Waals surface area (Å²) in [6.07, 6.45) is -0.205. The van der Waals surface area contributed by atoms with Crippen LogP contribution in [0, 0.1) is 6.92 Å². The molecule has 0 aliphatic rings. The quantitative estimate of drug-likeness (QED) is 0.697. The van der Waals surface area contributed by atoms with E-state index in [1.807, 2.05) is 6.92 Å². The summed E-state index contributed by atoms with van der Waals surface area (Å²) in [6.45, 7) is 1.56. The summed E-state index contributed by atoms with van der Waals surface area (Å²) in [6, 6.07) is 9.25. The Labute approximate surface area is 143 Å². The largest absolute Gasteiger partial charge is 0.506 e. The van der Waals surface area contributed by atoms with Crippen LogP contribution in [-0.2, 0) is 16.0 Å². The van der Waals surface area contributed by atoms with Crippen molar-refractivity contribution in [1.29, 1.82) is 0 Å². The zero-order valence-electron chi connectivity index (χ0n) is 12.9. The molecule has 3 N–H and O–H groups in total. The number of carbonyl (C=O) groups is 2. The summed E-state index contributed by atoms with van der Waals surface area (Å²) in [5.74, 6) is -1.14. The van der Waals surface area contributed by atoms with E-state index >= 15 is 0 Å². The van der Waals surface area contributed by atoms with Crippen molar-refractivity contribution < 1.29 is 24.5 Å². The van der Waals surface area contributed by atoms with Gasteiger partial charge in [0.15, 0.2) is 6.61 Å². The third kappa shape index (κ3) is 4.89. The van der Waals surface area contributed by atoms with Crippen LogP contribution >= 0.6 is 11.6 Å². The van der Waals surface area contributed by atoms with Crippen LogP contribution in [0.15, 0.2) is 36.4 Å². The lowest BCUT2D eigenvalue weighted by Crippen LogP contribution is -2.20. The Kier molecular flexibility index (Phi) is 5.65. The third-order valence-electron chi connectivity index (χ3n) is 3.19. The number of halogens is 1. The number of aromatic hydroxyl groups is 1. The molecule has 2 aromatic rings. The molecule has 0 radical (unpaired) electrons. The maximum absolute atomic E-state index is 11.9. The Morgan fingerprint density at radius 2 is 1.96 bits per heavy atom. The molecule has 0 atom stereocenters. The predicted octanol–water partition coefficient (Wildman–Crippen LogP) is 3.00. The maximum Gasteiger partial charge on any atom is 0.307 e. The molecular weight excluding hydrogens is 334 g/mol. The van der Waals surface area contributed by atoms with Crippen molar-refractivity contribution in [2.45, 2.75) is 13.3 Å². The van der Waals surface area contributed by atoms with Crippen molar-refractivity contribution >= 4 is 29.2 Å². The van der Waals surface area contributed by atoms with Crippen LogP contribution in [0.4, 0.5) is 5.69 Å². The molecule has 0 aliphatic carbocycles. The van der Waals surface area contributed by atoms with Gasteiger partial charge < -0.3 is 20.3 Å². The standard InChI is InChI=1S/C17H16ClNO5/c1-10-6-12(3-4-13(10)18)24-9-16(21)19-14-7-11(8-17(22)23)2-5-15(14)20/h2-7,20H,8-9H2,1H3,(H,19,21)(H,22,23). The second-order valence-electron chi connectivity index (χ2n) is 5.17. The second kappa shape index (κ2) is 7.70. The number of rotatable bonds is 6. The predicted molar refractivity (Wildman–Crippen MR) is 89.8 cm³/mol. The van der Waals surface area contributed by atoms with Gasteiger partial charge >= 0.3 is 5.97 Å². The molecule has 24 heavy (non-hydrogen) atoms. The fourth-order valence-electron chi connectivity index (χ4n) is 2.01. The molecule has 0 unspecified atom stereocenters. The molecular formula is C17H16ClNO5. The molecule has 126 valence electrons. The number of carbonyl (C=O) groups excluding carboxylic acids is 1. The molecule has 0 heterocycles. The molecule has 0 bridgehead atoms. The molecule has 0 spiro atoms. The van der Waals surface area contributed by atoms with E-state index in [1.165, 1.54) is 18.2 Å². The van der Waals surface area contributed by atoms with Crippen LogP contribution in [-0.4, -0.2) is 28.7 Å². The van der Waals surface area contributed by atoms with Crippen LogP contribution in [0.3, 0.4) is 0 Å². The monoisotopic (exact) mass is 349 g/mol. The number of phenolic OH excluding ortho intramolecular Hbond substituents is 1.